The van der Waals surface area contributed by atoms with Crippen molar-refractivity contribution in [3.05, 3.63) is 19.2 Å². The summed E-state index contributed by atoms with van der Waals surface area (Å²) in [6.45, 7) is -0.416. The van der Waals surface area contributed by atoms with E-state index in [1.54, 1.807) is 11.3 Å². The maximum absolute atomic E-state index is 12.2. The number of thiophene rings is 1. The third-order valence-corrected chi connectivity index (χ3v) is 6.63. The largest absolute Gasteiger partial charge is 0.411 e. The lowest BCUT2D eigenvalue weighted by Gasteiger charge is -2.30. The van der Waals surface area contributed by atoms with Gasteiger partial charge in [0.2, 0.25) is 0 Å². The third-order valence-electron chi connectivity index (χ3n) is 3.37. The average molecular weight is 451 g/mol. The molecule has 1 heterocycles. The van der Waals surface area contributed by atoms with E-state index in [-0.39, 0.29) is 12.1 Å². The first-order valence-corrected chi connectivity index (χ1v) is 9.09. The predicted octanol–water partition coefficient (Wildman–Crippen LogP) is 5.25. The molecular formula is C13H16Br2F3NOS. The van der Waals surface area contributed by atoms with E-state index in [1.807, 2.05) is 6.07 Å². The lowest BCUT2D eigenvalue weighted by Crippen LogP contribution is -2.37. The molecule has 0 bridgehead atoms. The summed E-state index contributed by atoms with van der Waals surface area (Å²) in [6.07, 6.45) is -1.29. The Labute approximate surface area is 142 Å². The Kier molecular flexibility index (Phi) is 6.55. The van der Waals surface area contributed by atoms with E-state index in [2.05, 4.69) is 37.2 Å². The molecule has 8 heteroatoms. The van der Waals surface area contributed by atoms with E-state index in [0.717, 1.165) is 27.6 Å². The molecule has 1 aliphatic rings. The van der Waals surface area contributed by atoms with Gasteiger partial charge >= 0.3 is 6.18 Å². The highest BCUT2D eigenvalue weighted by Gasteiger charge is 2.31. The second-order valence-electron chi connectivity index (χ2n) is 5.13. The van der Waals surface area contributed by atoms with Crippen molar-refractivity contribution in [1.82, 2.24) is 5.32 Å². The Morgan fingerprint density at radius 1 is 1.33 bits per heavy atom. The Hall–Kier alpha value is 0.370. The van der Waals surface area contributed by atoms with Crippen LogP contribution >= 0.6 is 43.2 Å². The van der Waals surface area contributed by atoms with Gasteiger partial charge in [0.1, 0.15) is 6.61 Å². The molecule has 2 unspecified atom stereocenters. The van der Waals surface area contributed by atoms with Crippen LogP contribution in [0.25, 0.3) is 0 Å². The Morgan fingerprint density at radius 3 is 2.71 bits per heavy atom. The molecule has 0 aromatic carbocycles. The number of hydrogen-bond donors (Lipinski definition) is 1. The summed E-state index contributed by atoms with van der Waals surface area (Å²) < 4.78 is 43.6. The van der Waals surface area contributed by atoms with Gasteiger partial charge in [0.15, 0.2) is 0 Å². The fourth-order valence-electron chi connectivity index (χ4n) is 2.42. The highest BCUT2D eigenvalue weighted by molar-refractivity contribution is 9.13. The van der Waals surface area contributed by atoms with Crippen molar-refractivity contribution >= 4 is 43.2 Å². The molecule has 1 aliphatic carbocycles. The SMILES string of the molecule is FC(F)(F)COC1CCCC(NCc2cc(Br)c(Br)s2)C1. The van der Waals surface area contributed by atoms with Gasteiger partial charge in [-0.05, 0) is 63.6 Å². The van der Waals surface area contributed by atoms with Crippen LogP contribution < -0.4 is 5.32 Å². The maximum Gasteiger partial charge on any atom is 0.411 e. The second-order valence-corrected chi connectivity index (χ2v) is 8.44. The Morgan fingerprint density at radius 2 is 2.10 bits per heavy atom. The summed E-state index contributed by atoms with van der Waals surface area (Å²) in [7, 11) is 0. The molecule has 0 spiro atoms. The Balaban J connectivity index is 1.76. The van der Waals surface area contributed by atoms with Crippen LogP contribution in [0.1, 0.15) is 30.6 Å². The smallest absolute Gasteiger partial charge is 0.369 e. The minimum atomic E-state index is -4.24. The van der Waals surface area contributed by atoms with Crippen LogP contribution in [0.3, 0.4) is 0 Å². The molecule has 0 radical (unpaired) electrons. The highest BCUT2D eigenvalue weighted by Crippen LogP contribution is 2.32. The van der Waals surface area contributed by atoms with E-state index in [9.17, 15) is 13.2 Å². The van der Waals surface area contributed by atoms with E-state index >= 15 is 0 Å². The van der Waals surface area contributed by atoms with Crippen molar-refractivity contribution < 1.29 is 17.9 Å². The van der Waals surface area contributed by atoms with E-state index < -0.39 is 12.8 Å². The van der Waals surface area contributed by atoms with Gasteiger partial charge < -0.3 is 10.1 Å². The van der Waals surface area contributed by atoms with Gasteiger partial charge in [-0.1, -0.05) is 0 Å². The number of nitrogens with one attached hydrogen (secondary N) is 1. The standard InChI is InChI=1S/C13H16Br2F3NOS/c14-11-5-10(21-12(11)15)6-19-8-2-1-3-9(4-8)20-7-13(16,17)18/h5,8-9,19H,1-4,6-7H2. The molecule has 1 N–H and O–H groups in total. The molecule has 1 fully saturated rings. The van der Waals surface area contributed by atoms with Crippen LogP contribution in [0.15, 0.2) is 14.3 Å². The zero-order valence-corrected chi connectivity index (χ0v) is 15.2. The minimum absolute atomic E-state index is 0.219. The second kappa shape index (κ2) is 7.77. The van der Waals surface area contributed by atoms with Crippen molar-refractivity contribution in [2.24, 2.45) is 0 Å². The molecule has 2 atom stereocenters. The summed E-state index contributed by atoms with van der Waals surface area (Å²) in [6, 6.07) is 2.26. The van der Waals surface area contributed by atoms with E-state index in [1.165, 1.54) is 4.88 Å². The van der Waals surface area contributed by atoms with Gasteiger partial charge in [-0.25, -0.2) is 0 Å². The summed E-state index contributed by atoms with van der Waals surface area (Å²) in [5.74, 6) is 0. The van der Waals surface area contributed by atoms with E-state index in [4.69, 9.17) is 4.74 Å². The highest BCUT2D eigenvalue weighted by atomic mass is 79.9. The predicted molar refractivity (Wildman–Crippen MR) is 84.6 cm³/mol. The molecule has 0 aliphatic heterocycles. The summed E-state index contributed by atoms with van der Waals surface area (Å²) >= 11 is 8.53. The molecular weight excluding hydrogens is 435 g/mol. The fourth-order valence-corrected chi connectivity index (χ4v) is 4.55. The summed E-state index contributed by atoms with van der Waals surface area (Å²) in [5, 5.41) is 3.41. The van der Waals surface area contributed by atoms with Crippen molar-refractivity contribution in [2.75, 3.05) is 6.61 Å². The first kappa shape index (κ1) is 17.7. The van der Waals surface area contributed by atoms with Crippen LogP contribution in [0.5, 0.6) is 0 Å². The van der Waals surface area contributed by atoms with Gasteiger partial charge in [-0.15, -0.1) is 11.3 Å². The average Bonchev–Trinajstić information content (AvgIpc) is 2.73. The zero-order valence-electron chi connectivity index (χ0n) is 11.2. The molecule has 2 rings (SSSR count). The Bertz CT molecular complexity index is 447. The number of rotatable bonds is 5. The molecule has 1 aromatic rings. The van der Waals surface area contributed by atoms with Crippen molar-refractivity contribution in [2.45, 2.75) is 50.6 Å². The topological polar surface area (TPSA) is 21.3 Å². The van der Waals surface area contributed by atoms with Crippen LogP contribution in [0.4, 0.5) is 13.2 Å². The fraction of sp³-hybridized carbons (Fsp3) is 0.692. The zero-order chi connectivity index (χ0) is 15.5. The first-order chi connectivity index (χ1) is 9.83. The minimum Gasteiger partial charge on any atom is -0.369 e. The van der Waals surface area contributed by atoms with Crippen LogP contribution in [0.2, 0.25) is 0 Å². The van der Waals surface area contributed by atoms with Gasteiger partial charge in [0, 0.05) is 21.9 Å². The van der Waals surface area contributed by atoms with Gasteiger partial charge in [-0.2, -0.15) is 13.2 Å². The lowest BCUT2D eigenvalue weighted by atomic mass is 9.93. The molecule has 21 heavy (non-hydrogen) atoms. The molecule has 1 aromatic heterocycles. The lowest BCUT2D eigenvalue weighted by molar-refractivity contribution is -0.188. The third kappa shape index (κ3) is 6.17. The maximum atomic E-state index is 12.2. The quantitative estimate of drug-likeness (QED) is 0.661. The van der Waals surface area contributed by atoms with Crippen molar-refractivity contribution in [3.63, 3.8) is 0 Å². The molecule has 2 nitrogen and oxygen atoms in total. The van der Waals surface area contributed by atoms with Crippen molar-refractivity contribution in [1.29, 1.82) is 0 Å². The number of alkyl halides is 3. The monoisotopic (exact) mass is 449 g/mol. The van der Waals surface area contributed by atoms with Crippen molar-refractivity contribution in [3.8, 4) is 0 Å². The molecule has 1 saturated carbocycles. The normalized spacial score (nSPS) is 23.5. The number of ether oxygens (including phenoxy) is 1. The van der Waals surface area contributed by atoms with Gasteiger partial charge in [-0.3, -0.25) is 0 Å². The van der Waals surface area contributed by atoms with Crippen LogP contribution in [-0.2, 0) is 11.3 Å². The molecule has 0 amide bonds. The van der Waals surface area contributed by atoms with E-state index in [0.29, 0.717) is 12.8 Å². The van der Waals surface area contributed by atoms with Crippen LogP contribution in [0, 0.1) is 0 Å². The molecule has 120 valence electrons. The number of hydrogen-bond acceptors (Lipinski definition) is 3. The van der Waals surface area contributed by atoms with Crippen LogP contribution in [-0.4, -0.2) is 24.9 Å². The molecule has 0 saturated heterocycles. The number of halogens is 5. The summed E-state index contributed by atoms with van der Waals surface area (Å²) in [5.41, 5.74) is 0. The first-order valence-electron chi connectivity index (χ1n) is 6.69. The summed E-state index contributed by atoms with van der Waals surface area (Å²) in [4.78, 5) is 1.19. The van der Waals surface area contributed by atoms with Gasteiger partial charge in [0.05, 0.1) is 9.89 Å². The van der Waals surface area contributed by atoms with Gasteiger partial charge in [0.25, 0.3) is 0 Å².